The highest BCUT2D eigenvalue weighted by Gasteiger charge is 2.26. The first-order valence-electron chi connectivity index (χ1n) is 10.6. The van der Waals surface area contributed by atoms with Gasteiger partial charge in [0.2, 0.25) is 0 Å². The standard InChI is InChI=1S/C20H24N2/c1-15(19-10-6-7-12-21-19)20-17(11-13-22(2)3)14-16-8-4-5-9-18(16)20/h4-10,12,15H,11,13-14H2,1-3H3/i2D3,3D3. The van der Waals surface area contributed by atoms with Crippen LogP contribution in [-0.4, -0.2) is 30.4 Å². The lowest BCUT2D eigenvalue weighted by Gasteiger charge is -2.18. The molecule has 1 unspecified atom stereocenters. The van der Waals surface area contributed by atoms with Crippen molar-refractivity contribution in [2.45, 2.75) is 25.7 Å². The number of pyridine rings is 1. The summed E-state index contributed by atoms with van der Waals surface area (Å²) in [6.07, 6.45) is 2.86. The van der Waals surface area contributed by atoms with Gasteiger partial charge in [-0.15, -0.1) is 0 Å². The smallest absolute Gasteiger partial charge is 0.0475 e. The lowest BCUT2D eigenvalue weighted by Crippen LogP contribution is -2.14. The maximum atomic E-state index is 7.59. The molecule has 0 fully saturated rings. The Morgan fingerprint density at radius 3 is 2.77 bits per heavy atom. The van der Waals surface area contributed by atoms with Crippen LogP contribution in [0.5, 0.6) is 0 Å². The Kier molecular flexibility index (Phi) is 2.72. The van der Waals surface area contributed by atoms with Gasteiger partial charge >= 0.3 is 0 Å². The second-order valence-corrected chi connectivity index (χ2v) is 5.73. The molecular formula is C20H24N2. The molecule has 0 spiro atoms. The normalized spacial score (nSPS) is 20.5. The van der Waals surface area contributed by atoms with Crippen molar-refractivity contribution >= 4 is 5.57 Å². The Morgan fingerprint density at radius 2 is 2.00 bits per heavy atom. The average molecular weight is 298 g/mol. The van der Waals surface area contributed by atoms with Crippen LogP contribution in [0.25, 0.3) is 5.57 Å². The molecule has 1 atom stereocenters. The summed E-state index contributed by atoms with van der Waals surface area (Å²) < 4.78 is 45.5. The zero-order chi connectivity index (χ0) is 20.5. The zero-order valence-electron chi connectivity index (χ0n) is 18.7. The number of benzene rings is 1. The zero-order valence-corrected chi connectivity index (χ0v) is 12.7. The van der Waals surface area contributed by atoms with Crippen LogP contribution in [0.2, 0.25) is 0 Å². The van der Waals surface area contributed by atoms with Crippen molar-refractivity contribution in [1.29, 1.82) is 0 Å². The topological polar surface area (TPSA) is 16.1 Å². The Morgan fingerprint density at radius 1 is 1.18 bits per heavy atom. The summed E-state index contributed by atoms with van der Waals surface area (Å²) in [5, 5.41) is 0. The molecule has 1 aromatic carbocycles. The quantitative estimate of drug-likeness (QED) is 0.824. The van der Waals surface area contributed by atoms with E-state index in [0.717, 1.165) is 22.4 Å². The van der Waals surface area contributed by atoms with Gasteiger partial charge in [-0.3, -0.25) is 4.98 Å². The minimum atomic E-state index is -2.66. The minimum Gasteiger partial charge on any atom is -0.309 e. The maximum absolute atomic E-state index is 7.59. The number of hydrogen-bond acceptors (Lipinski definition) is 2. The Hall–Kier alpha value is -1.93. The van der Waals surface area contributed by atoms with Crippen molar-refractivity contribution in [3.8, 4) is 0 Å². The maximum Gasteiger partial charge on any atom is 0.0475 e. The highest BCUT2D eigenvalue weighted by Crippen LogP contribution is 2.42. The number of allylic oxidation sites excluding steroid dienone is 1. The van der Waals surface area contributed by atoms with E-state index in [2.05, 4.69) is 24.0 Å². The number of fused-ring (bicyclic) bond motifs is 1. The Bertz CT molecular complexity index is 841. The molecule has 0 bridgehead atoms. The highest BCUT2D eigenvalue weighted by molar-refractivity contribution is 5.80. The van der Waals surface area contributed by atoms with Crippen molar-refractivity contribution in [2.24, 2.45) is 0 Å². The molecule has 3 rings (SSSR count). The summed E-state index contributed by atoms with van der Waals surface area (Å²) in [6.45, 7) is -3.28. The molecule has 1 aliphatic carbocycles. The van der Waals surface area contributed by atoms with Crippen molar-refractivity contribution in [3.63, 3.8) is 0 Å². The first kappa shape index (κ1) is 9.26. The van der Waals surface area contributed by atoms with Gasteiger partial charge in [0.25, 0.3) is 0 Å². The van der Waals surface area contributed by atoms with Gasteiger partial charge in [-0.2, -0.15) is 0 Å². The lowest BCUT2D eigenvalue weighted by molar-refractivity contribution is 0.412. The minimum absolute atomic E-state index is 0.0359. The summed E-state index contributed by atoms with van der Waals surface area (Å²) >= 11 is 0. The fourth-order valence-corrected chi connectivity index (χ4v) is 3.24. The lowest BCUT2D eigenvalue weighted by atomic mass is 9.89. The molecule has 1 heterocycles. The summed E-state index contributed by atoms with van der Waals surface area (Å²) in [7, 11) is 0. The van der Waals surface area contributed by atoms with Crippen LogP contribution in [-0.2, 0) is 6.42 Å². The van der Waals surface area contributed by atoms with E-state index in [1.807, 2.05) is 30.3 Å². The van der Waals surface area contributed by atoms with Gasteiger partial charge in [-0.1, -0.05) is 42.8 Å². The third kappa shape index (κ3) is 2.97. The number of rotatable bonds is 5. The molecule has 2 aromatic rings. The first-order valence-corrected chi connectivity index (χ1v) is 7.58. The summed E-state index contributed by atoms with van der Waals surface area (Å²) in [5.41, 5.74) is 5.48. The summed E-state index contributed by atoms with van der Waals surface area (Å²) in [6, 6.07) is 13.9. The van der Waals surface area contributed by atoms with Gasteiger partial charge in [0.1, 0.15) is 0 Å². The van der Waals surface area contributed by atoms with E-state index in [1.54, 1.807) is 6.20 Å². The fraction of sp³-hybridized carbons (Fsp3) is 0.350. The third-order valence-electron chi connectivity index (χ3n) is 4.29. The first-order chi connectivity index (χ1) is 13.1. The van der Waals surface area contributed by atoms with Crippen molar-refractivity contribution in [2.75, 3.05) is 20.5 Å². The molecule has 0 amide bonds. The highest BCUT2D eigenvalue weighted by atomic mass is 15.0. The van der Waals surface area contributed by atoms with Gasteiger partial charge in [-0.25, -0.2) is 0 Å². The Balaban J connectivity index is 1.94. The van der Waals surface area contributed by atoms with Crippen LogP contribution in [0.4, 0.5) is 0 Å². The predicted molar refractivity (Wildman–Crippen MR) is 92.9 cm³/mol. The fourth-order valence-electron chi connectivity index (χ4n) is 3.24. The van der Waals surface area contributed by atoms with E-state index < -0.39 is 14.0 Å². The molecule has 0 saturated carbocycles. The monoisotopic (exact) mass is 298 g/mol. The van der Waals surface area contributed by atoms with Crippen molar-refractivity contribution in [1.82, 2.24) is 9.88 Å². The van der Waals surface area contributed by atoms with Gasteiger partial charge in [-0.05, 0) is 55.6 Å². The van der Waals surface area contributed by atoms with Crippen molar-refractivity contribution in [3.05, 3.63) is 71.1 Å². The summed E-state index contributed by atoms with van der Waals surface area (Å²) in [5.74, 6) is 0.0359. The second-order valence-electron chi connectivity index (χ2n) is 5.73. The van der Waals surface area contributed by atoms with Crippen LogP contribution < -0.4 is 0 Å². The SMILES string of the molecule is [2H]C([2H])([2H])N(CCC1=C(C(C)c2ccccn2)c2ccccc2C1)C([2H])([2H])[2H]. The van der Waals surface area contributed by atoms with E-state index in [4.69, 9.17) is 8.22 Å². The molecule has 2 nitrogen and oxygen atoms in total. The molecule has 0 radical (unpaired) electrons. The largest absolute Gasteiger partial charge is 0.309 e. The Labute approximate surface area is 141 Å². The molecule has 0 aliphatic heterocycles. The van der Waals surface area contributed by atoms with Gasteiger partial charge in [0.15, 0.2) is 0 Å². The summed E-state index contributed by atoms with van der Waals surface area (Å²) in [4.78, 5) is 5.12. The molecule has 22 heavy (non-hydrogen) atoms. The molecule has 0 saturated heterocycles. The van der Waals surface area contributed by atoms with E-state index in [-0.39, 0.29) is 12.5 Å². The van der Waals surface area contributed by atoms with Gasteiger partial charge < -0.3 is 4.90 Å². The number of hydrogen-bond donors (Lipinski definition) is 0. The van der Waals surface area contributed by atoms with E-state index in [1.165, 1.54) is 5.56 Å². The van der Waals surface area contributed by atoms with Gasteiger partial charge in [0.05, 0.1) is 0 Å². The van der Waals surface area contributed by atoms with E-state index >= 15 is 0 Å². The average Bonchev–Trinajstić information content (AvgIpc) is 2.98. The molecular weight excluding hydrogens is 268 g/mol. The second kappa shape index (κ2) is 6.45. The van der Waals surface area contributed by atoms with Crippen LogP contribution in [0.1, 0.15) is 44.3 Å². The number of nitrogens with zero attached hydrogens (tertiary/aromatic N) is 2. The molecule has 1 aromatic heterocycles. The molecule has 2 heteroatoms. The van der Waals surface area contributed by atoms with E-state index in [9.17, 15) is 0 Å². The van der Waals surface area contributed by atoms with E-state index in [0.29, 0.717) is 17.7 Å². The predicted octanol–water partition coefficient (Wildman–Crippen LogP) is 4.15. The van der Waals surface area contributed by atoms with Crippen LogP contribution >= 0.6 is 0 Å². The van der Waals surface area contributed by atoms with Gasteiger partial charge in [0, 0.05) is 32.6 Å². The van der Waals surface area contributed by atoms with Crippen LogP contribution in [0.15, 0.2) is 54.2 Å². The van der Waals surface area contributed by atoms with Crippen LogP contribution in [0, 0.1) is 0 Å². The van der Waals surface area contributed by atoms with Crippen LogP contribution in [0.3, 0.4) is 0 Å². The molecule has 0 N–H and O–H groups in total. The molecule has 1 aliphatic rings. The van der Waals surface area contributed by atoms with Crippen molar-refractivity contribution < 1.29 is 8.22 Å². The number of aromatic nitrogens is 1. The third-order valence-corrected chi connectivity index (χ3v) is 4.29. The molecule has 114 valence electrons.